The van der Waals surface area contributed by atoms with Gasteiger partial charge in [-0.3, -0.25) is 4.98 Å². The van der Waals surface area contributed by atoms with Gasteiger partial charge in [0.25, 0.3) is 0 Å². The van der Waals surface area contributed by atoms with Gasteiger partial charge in [0.1, 0.15) is 5.82 Å². The monoisotopic (exact) mass is 306 g/mol. The second-order valence-electron chi connectivity index (χ2n) is 4.41. The summed E-state index contributed by atoms with van der Waals surface area (Å²) in [4.78, 5) is 4.43. The maximum atomic E-state index is 13.2. The fourth-order valence-electron chi connectivity index (χ4n) is 2.34. The summed E-state index contributed by atoms with van der Waals surface area (Å²) in [6.45, 7) is 0. The van der Waals surface area contributed by atoms with Gasteiger partial charge in [0.2, 0.25) is 0 Å². The van der Waals surface area contributed by atoms with Gasteiger partial charge in [-0.1, -0.05) is 6.07 Å². The molecule has 0 aliphatic heterocycles. The van der Waals surface area contributed by atoms with Crippen LogP contribution in [0, 0.1) is 5.82 Å². The molecule has 2 aromatic rings. The van der Waals surface area contributed by atoms with Gasteiger partial charge in [0.05, 0.1) is 16.2 Å². The van der Waals surface area contributed by atoms with Crippen LogP contribution in [0.1, 0.15) is 23.7 Å². The number of anilines is 1. The molecule has 0 saturated carbocycles. The van der Waals surface area contributed by atoms with Crippen LogP contribution in [0.5, 0.6) is 0 Å². The number of pyridine rings is 1. The number of hydrogen-bond donors (Lipinski definition) is 1. The molecule has 1 aromatic heterocycles. The molecule has 0 spiro atoms. The van der Waals surface area contributed by atoms with E-state index in [2.05, 4.69) is 32.3 Å². The molecule has 0 bridgehead atoms. The van der Waals surface area contributed by atoms with Crippen LogP contribution < -0.4 is 5.32 Å². The molecule has 1 aromatic carbocycles. The van der Waals surface area contributed by atoms with E-state index < -0.39 is 0 Å². The normalized spacial score (nSPS) is 17.6. The second-order valence-corrected chi connectivity index (χ2v) is 5.27. The van der Waals surface area contributed by atoms with Crippen molar-refractivity contribution in [2.75, 3.05) is 5.32 Å². The van der Waals surface area contributed by atoms with Gasteiger partial charge in [0, 0.05) is 11.9 Å². The van der Waals surface area contributed by atoms with Crippen LogP contribution in [0.2, 0.25) is 0 Å². The highest BCUT2D eigenvalue weighted by Gasteiger charge is 2.23. The van der Waals surface area contributed by atoms with E-state index in [1.54, 1.807) is 12.1 Å². The Morgan fingerprint density at radius 3 is 3.06 bits per heavy atom. The molecule has 3 rings (SSSR count). The van der Waals surface area contributed by atoms with Crippen LogP contribution >= 0.6 is 15.9 Å². The molecule has 2 nitrogen and oxygen atoms in total. The van der Waals surface area contributed by atoms with Crippen LogP contribution in [0.3, 0.4) is 0 Å². The average molecular weight is 307 g/mol. The van der Waals surface area contributed by atoms with Gasteiger partial charge in [-0.15, -0.1) is 0 Å². The number of nitrogens with zero attached hydrogens (tertiary/aromatic N) is 1. The third-order valence-electron chi connectivity index (χ3n) is 3.22. The maximum absolute atomic E-state index is 13.2. The van der Waals surface area contributed by atoms with Crippen molar-refractivity contribution in [1.29, 1.82) is 0 Å². The smallest absolute Gasteiger partial charge is 0.137 e. The molecule has 0 amide bonds. The van der Waals surface area contributed by atoms with Gasteiger partial charge in [-0.25, -0.2) is 4.39 Å². The number of benzene rings is 1. The molecule has 1 unspecified atom stereocenters. The number of nitrogens with one attached hydrogen (secondary N) is 1. The maximum Gasteiger partial charge on any atom is 0.137 e. The first kappa shape index (κ1) is 11.7. The van der Waals surface area contributed by atoms with E-state index in [0.29, 0.717) is 4.47 Å². The Labute approximate surface area is 113 Å². The van der Waals surface area contributed by atoms with E-state index in [4.69, 9.17) is 0 Å². The van der Waals surface area contributed by atoms with E-state index in [9.17, 15) is 4.39 Å². The summed E-state index contributed by atoms with van der Waals surface area (Å²) in [5.41, 5.74) is 3.32. The van der Waals surface area contributed by atoms with Gasteiger partial charge < -0.3 is 5.32 Å². The van der Waals surface area contributed by atoms with E-state index >= 15 is 0 Å². The van der Waals surface area contributed by atoms with E-state index in [-0.39, 0.29) is 11.9 Å². The lowest BCUT2D eigenvalue weighted by molar-refractivity contribution is 0.621. The van der Waals surface area contributed by atoms with Crippen LogP contribution in [0.25, 0.3) is 0 Å². The predicted octanol–water partition coefficient (Wildman–Crippen LogP) is 4.08. The summed E-state index contributed by atoms with van der Waals surface area (Å²) in [6, 6.07) is 9.27. The second kappa shape index (κ2) is 4.69. The summed E-state index contributed by atoms with van der Waals surface area (Å²) in [5.74, 6) is -0.245. The molecule has 92 valence electrons. The highest BCUT2D eigenvalue weighted by atomic mass is 79.9. The van der Waals surface area contributed by atoms with Crippen molar-refractivity contribution in [2.24, 2.45) is 0 Å². The fourth-order valence-corrected chi connectivity index (χ4v) is 2.72. The Balaban J connectivity index is 1.84. The molecule has 4 heteroatoms. The zero-order valence-corrected chi connectivity index (χ0v) is 11.2. The number of aryl methyl sites for hydroxylation is 1. The minimum Gasteiger partial charge on any atom is -0.377 e. The molecular weight excluding hydrogens is 295 g/mol. The number of hydrogen-bond acceptors (Lipinski definition) is 2. The Morgan fingerprint density at radius 1 is 1.33 bits per heavy atom. The van der Waals surface area contributed by atoms with Gasteiger partial charge >= 0.3 is 0 Å². The van der Waals surface area contributed by atoms with Gasteiger partial charge in [0.15, 0.2) is 0 Å². The number of halogens is 2. The molecule has 1 atom stereocenters. The molecule has 0 radical (unpaired) electrons. The summed E-state index contributed by atoms with van der Waals surface area (Å²) < 4.78 is 13.6. The average Bonchev–Trinajstić information content (AvgIpc) is 2.78. The summed E-state index contributed by atoms with van der Waals surface area (Å²) in [6.07, 6.45) is 3.89. The molecule has 0 fully saturated rings. The van der Waals surface area contributed by atoms with E-state index in [0.717, 1.165) is 24.2 Å². The first-order chi connectivity index (χ1) is 8.74. The largest absolute Gasteiger partial charge is 0.377 e. The lowest BCUT2D eigenvalue weighted by Gasteiger charge is -2.14. The van der Waals surface area contributed by atoms with Crippen LogP contribution in [-0.4, -0.2) is 4.98 Å². The van der Waals surface area contributed by atoms with Crippen LogP contribution in [0.15, 0.2) is 41.0 Å². The molecule has 1 N–H and O–H groups in total. The van der Waals surface area contributed by atoms with E-state index in [1.807, 2.05) is 12.3 Å². The van der Waals surface area contributed by atoms with Crippen LogP contribution in [0.4, 0.5) is 10.1 Å². The zero-order valence-electron chi connectivity index (χ0n) is 9.66. The first-order valence-electron chi connectivity index (χ1n) is 5.89. The quantitative estimate of drug-likeness (QED) is 0.904. The van der Waals surface area contributed by atoms with Crippen LogP contribution in [-0.2, 0) is 6.42 Å². The molecule has 1 aliphatic carbocycles. The lowest BCUT2D eigenvalue weighted by atomic mass is 10.2. The topological polar surface area (TPSA) is 24.9 Å². The third-order valence-corrected chi connectivity index (χ3v) is 3.83. The lowest BCUT2D eigenvalue weighted by Crippen LogP contribution is -2.08. The SMILES string of the molecule is Fc1ccc(NC2CCc3cccnc32)cc1Br. The molecule has 0 saturated heterocycles. The Hall–Kier alpha value is -1.42. The predicted molar refractivity (Wildman–Crippen MR) is 73.0 cm³/mol. The minimum atomic E-state index is -0.245. The third kappa shape index (κ3) is 2.12. The molecular formula is C14H12BrFN2. The standard InChI is InChI=1S/C14H12BrFN2/c15-11-8-10(4-5-12(11)16)18-13-6-3-9-2-1-7-17-14(9)13/h1-2,4-5,7-8,13,18H,3,6H2. The summed E-state index contributed by atoms with van der Waals surface area (Å²) >= 11 is 3.20. The molecule has 1 aliphatic rings. The number of fused-ring (bicyclic) bond motifs is 1. The number of aromatic nitrogens is 1. The Bertz CT molecular complexity index is 586. The van der Waals surface area contributed by atoms with Crippen molar-refractivity contribution in [3.63, 3.8) is 0 Å². The first-order valence-corrected chi connectivity index (χ1v) is 6.69. The molecule has 1 heterocycles. The Kier molecular flexibility index (Phi) is 3.04. The summed E-state index contributed by atoms with van der Waals surface area (Å²) in [7, 11) is 0. The van der Waals surface area contributed by atoms with Gasteiger partial charge in [-0.05, 0) is 58.6 Å². The molecule has 18 heavy (non-hydrogen) atoms. The fraction of sp³-hybridized carbons (Fsp3) is 0.214. The Morgan fingerprint density at radius 2 is 2.22 bits per heavy atom. The van der Waals surface area contributed by atoms with Crippen molar-refractivity contribution in [3.05, 3.63) is 58.1 Å². The minimum absolute atomic E-state index is 0.221. The highest BCUT2D eigenvalue weighted by Crippen LogP contribution is 2.32. The highest BCUT2D eigenvalue weighted by molar-refractivity contribution is 9.10. The van der Waals surface area contributed by atoms with Crippen molar-refractivity contribution in [1.82, 2.24) is 4.98 Å². The van der Waals surface area contributed by atoms with Crippen molar-refractivity contribution >= 4 is 21.6 Å². The van der Waals surface area contributed by atoms with Crippen molar-refractivity contribution in [3.8, 4) is 0 Å². The van der Waals surface area contributed by atoms with E-state index in [1.165, 1.54) is 11.6 Å². The van der Waals surface area contributed by atoms with Crippen molar-refractivity contribution in [2.45, 2.75) is 18.9 Å². The van der Waals surface area contributed by atoms with Crippen molar-refractivity contribution < 1.29 is 4.39 Å². The zero-order chi connectivity index (χ0) is 12.5. The number of rotatable bonds is 2. The van der Waals surface area contributed by atoms with Gasteiger partial charge in [-0.2, -0.15) is 0 Å². The summed E-state index contributed by atoms with van der Waals surface area (Å²) in [5, 5.41) is 3.41.